The molecular weight excluding hydrogens is 276 g/mol. The first-order valence-electron chi connectivity index (χ1n) is 6.96. The predicted molar refractivity (Wildman–Crippen MR) is 78.6 cm³/mol. The fourth-order valence-corrected chi connectivity index (χ4v) is 2.22. The van der Waals surface area contributed by atoms with Crippen LogP contribution >= 0.6 is 11.6 Å². The van der Waals surface area contributed by atoms with Crippen molar-refractivity contribution in [2.75, 3.05) is 0 Å². The number of hydrogen-bond acceptors (Lipinski definition) is 4. The van der Waals surface area contributed by atoms with Crippen LogP contribution < -0.4 is 10.2 Å². The molecule has 1 aliphatic carbocycles. The van der Waals surface area contributed by atoms with Gasteiger partial charge in [-0.05, 0) is 40.5 Å². The molecule has 1 aliphatic heterocycles. The molecule has 0 amide bonds. The van der Waals surface area contributed by atoms with Gasteiger partial charge in [0.15, 0.2) is 0 Å². The fraction of sp³-hybridized carbons (Fsp3) is 0.643. The Bertz CT molecular complexity index is 515. The first kappa shape index (κ1) is 14.2. The van der Waals surface area contributed by atoms with Crippen LogP contribution in [0.1, 0.15) is 40.5 Å². The maximum absolute atomic E-state index is 6.32. The molecule has 6 heteroatoms. The number of hydrogen-bond donors (Lipinski definition) is 0. The third kappa shape index (κ3) is 2.54. The zero-order chi connectivity index (χ0) is 14.5. The van der Waals surface area contributed by atoms with Gasteiger partial charge in [0.1, 0.15) is 6.10 Å². The molecule has 3 rings (SSSR count). The molecule has 0 radical (unpaired) electrons. The van der Waals surface area contributed by atoms with Crippen LogP contribution in [0.2, 0.25) is 5.02 Å². The zero-order valence-electron chi connectivity index (χ0n) is 12.3. The van der Waals surface area contributed by atoms with Crippen LogP contribution in [0.4, 0.5) is 0 Å². The van der Waals surface area contributed by atoms with E-state index in [4.69, 9.17) is 25.6 Å². The van der Waals surface area contributed by atoms with Crippen molar-refractivity contribution >= 4 is 24.2 Å². The van der Waals surface area contributed by atoms with Gasteiger partial charge in [-0.2, -0.15) is 0 Å². The molecule has 2 heterocycles. The standard InChI is InChI=1S/C14H19BClNO3/c1-13(2)14(3,4)20-15(19-13)10-8-17-12(7-11(10)16)18-9-5-6-9/h7-9H,5-6H2,1-4H3. The van der Waals surface area contributed by atoms with E-state index < -0.39 is 7.12 Å². The van der Waals surface area contributed by atoms with Gasteiger partial charge in [-0.15, -0.1) is 0 Å². The number of rotatable bonds is 3. The lowest BCUT2D eigenvalue weighted by atomic mass is 9.80. The Morgan fingerprint density at radius 3 is 2.35 bits per heavy atom. The molecule has 0 N–H and O–H groups in total. The number of nitrogens with zero attached hydrogens (tertiary/aromatic N) is 1. The summed E-state index contributed by atoms with van der Waals surface area (Å²) in [6.07, 6.45) is 4.18. The summed E-state index contributed by atoms with van der Waals surface area (Å²) < 4.78 is 17.6. The Balaban J connectivity index is 1.80. The van der Waals surface area contributed by atoms with Crippen molar-refractivity contribution < 1.29 is 14.0 Å². The summed E-state index contributed by atoms with van der Waals surface area (Å²) >= 11 is 6.32. The highest BCUT2D eigenvalue weighted by Gasteiger charge is 2.52. The van der Waals surface area contributed by atoms with Crippen molar-refractivity contribution in [1.29, 1.82) is 0 Å². The van der Waals surface area contributed by atoms with Crippen LogP contribution in [-0.4, -0.2) is 29.4 Å². The summed E-state index contributed by atoms with van der Waals surface area (Å²) in [6.45, 7) is 8.05. The van der Waals surface area contributed by atoms with Crippen LogP contribution in [-0.2, 0) is 9.31 Å². The predicted octanol–water partition coefficient (Wildman–Crippen LogP) is 2.58. The highest BCUT2D eigenvalue weighted by atomic mass is 35.5. The van der Waals surface area contributed by atoms with E-state index >= 15 is 0 Å². The first-order valence-corrected chi connectivity index (χ1v) is 7.34. The minimum atomic E-state index is -0.491. The molecular formula is C14H19BClNO3. The van der Waals surface area contributed by atoms with Gasteiger partial charge in [0.05, 0.1) is 11.2 Å². The molecule has 1 saturated heterocycles. The van der Waals surface area contributed by atoms with E-state index in [1.165, 1.54) is 0 Å². The highest BCUT2D eigenvalue weighted by Crippen LogP contribution is 2.37. The summed E-state index contributed by atoms with van der Waals surface area (Å²) in [7, 11) is -0.491. The molecule has 0 spiro atoms. The van der Waals surface area contributed by atoms with E-state index in [1.54, 1.807) is 12.3 Å². The topological polar surface area (TPSA) is 40.6 Å². The highest BCUT2D eigenvalue weighted by molar-refractivity contribution is 6.65. The monoisotopic (exact) mass is 295 g/mol. The largest absolute Gasteiger partial charge is 0.497 e. The van der Waals surface area contributed by atoms with Crippen molar-refractivity contribution in [2.24, 2.45) is 0 Å². The number of pyridine rings is 1. The third-order valence-electron chi connectivity index (χ3n) is 4.18. The number of halogens is 1. The van der Waals surface area contributed by atoms with Crippen LogP contribution in [0.15, 0.2) is 12.3 Å². The first-order chi connectivity index (χ1) is 9.28. The van der Waals surface area contributed by atoms with Gasteiger partial charge in [0.25, 0.3) is 0 Å². The van der Waals surface area contributed by atoms with Gasteiger partial charge in [0.2, 0.25) is 5.88 Å². The summed E-state index contributed by atoms with van der Waals surface area (Å²) in [5.74, 6) is 0.567. The molecule has 2 fully saturated rings. The van der Waals surface area contributed by atoms with Gasteiger partial charge in [-0.3, -0.25) is 0 Å². The maximum atomic E-state index is 6.32. The zero-order valence-corrected chi connectivity index (χ0v) is 13.0. The SMILES string of the molecule is CC1(C)OB(c2cnc(OC3CC3)cc2Cl)OC1(C)C. The molecule has 20 heavy (non-hydrogen) atoms. The molecule has 0 aromatic carbocycles. The fourth-order valence-electron chi connectivity index (χ4n) is 1.99. The molecule has 108 valence electrons. The molecule has 0 bridgehead atoms. The van der Waals surface area contributed by atoms with E-state index in [0.29, 0.717) is 17.0 Å². The van der Waals surface area contributed by atoms with Crippen molar-refractivity contribution in [2.45, 2.75) is 57.8 Å². The van der Waals surface area contributed by atoms with Crippen LogP contribution in [0.3, 0.4) is 0 Å². The lowest BCUT2D eigenvalue weighted by Gasteiger charge is -2.32. The lowest BCUT2D eigenvalue weighted by molar-refractivity contribution is 0.00578. The Morgan fingerprint density at radius 1 is 1.25 bits per heavy atom. The molecule has 1 aromatic heterocycles. The van der Waals surface area contributed by atoms with E-state index in [9.17, 15) is 0 Å². The summed E-state index contributed by atoms with van der Waals surface area (Å²) in [6, 6.07) is 1.74. The van der Waals surface area contributed by atoms with Crippen molar-refractivity contribution in [3.63, 3.8) is 0 Å². The van der Waals surface area contributed by atoms with Crippen molar-refractivity contribution in [3.05, 3.63) is 17.3 Å². The number of ether oxygens (including phenoxy) is 1. The van der Waals surface area contributed by atoms with Crippen LogP contribution in [0.5, 0.6) is 5.88 Å². The minimum Gasteiger partial charge on any atom is -0.474 e. The van der Waals surface area contributed by atoms with Gasteiger partial charge in [-0.25, -0.2) is 4.98 Å². The molecule has 0 unspecified atom stereocenters. The van der Waals surface area contributed by atoms with E-state index in [2.05, 4.69) is 4.98 Å². The van der Waals surface area contributed by atoms with E-state index in [0.717, 1.165) is 18.3 Å². The Hall–Kier alpha value is -0.775. The summed E-state index contributed by atoms with van der Waals surface area (Å²) in [4.78, 5) is 4.29. The quantitative estimate of drug-likeness (QED) is 0.804. The normalized spacial score (nSPS) is 23.9. The van der Waals surface area contributed by atoms with E-state index in [-0.39, 0.29) is 11.2 Å². The second-order valence-corrected chi connectivity index (χ2v) is 6.86. The van der Waals surface area contributed by atoms with E-state index in [1.807, 2.05) is 27.7 Å². The second-order valence-electron chi connectivity index (χ2n) is 6.45. The number of aromatic nitrogens is 1. The van der Waals surface area contributed by atoms with Crippen LogP contribution in [0, 0.1) is 0 Å². The Labute approximate surface area is 124 Å². The van der Waals surface area contributed by atoms with Crippen LogP contribution in [0.25, 0.3) is 0 Å². The lowest BCUT2D eigenvalue weighted by Crippen LogP contribution is -2.41. The Morgan fingerprint density at radius 2 is 1.85 bits per heavy atom. The molecule has 0 atom stereocenters. The smallest absolute Gasteiger partial charge is 0.474 e. The van der Waals surface area contributed by atoms with Gasteiger partial charge in [-0.1, -0.05) is 11.6 Å². The van der Waals surface area contributed by atoms with Crippen molar-refractivity contribution in [1.82, 2.24) is 4.98 Å². The van der Waals surface area contributed by atoms with Gasteiger partial charge >= 0.3 is 7.12 Å². The average Bonchev–Trinajstić information content (AvgIpc) is 3.07. The summed E-state index contributed by atoms with van der Waals surface area (Å²) in [5, 5.41) is 0.564. The third-order valence-corrected chi connectivity index (χ3v) is 4.50. The van der Waals surface area contributed by atoms with Crippen molar-refractivity contribution in [3.8, 4) is 5.88 Å². The van der Waals surface area contributed by atoms with Gasteiger partial charge < -0.3 is 14.0 Å². The Kier molecular flexibility index (Phi) is 3.27. The molecule has 1 aromatic rings. The average molecular weight is 296 g/mol. The maximum Gasteiger partial charge on any atom is 0.497 e. The minimum absolute atomic E-state index is 0.307. The second kappa shape index (κ2) is 4.62. The summed E-state index contributed by atoms with van der Waals surface area (Å²) in [5.41, 5.74) is -0.0255. The molecule has 2 aliphatic rings. The molecule has 4 nitrogen and oxygen atoms in total. The molecule has 1 saturated carbocycles. The van der Waals surface area contributed by atoms with Gasteiger partial charge in [0, 0.05) is 22.7 Å².